The highest BCUT2D eigenvalue weighted by Crippen LogP contribution is 2.28. The van der Waals surface area contributed by atoms with Crippen molar-refractivity contribution in [2.45, 2.75) is 25.7 Å². The van der Waals surface area contributed by atoms with Gasteiger partial charge in [0.1, 0.15) is 17.1 Å². The molecule has 0 aliphatic heterocycles. The zero-order valence-electron chi connectivity index (χ0n) is 11.3. The van der Waals surface area contributed by atoms with Gasteiger partial charge in [-0.3, -0.25) is 10.1 Å². The second-order valence-electron chi connectivity index (χ2n) is 4.84. The minimum Gasteiger partial charge on any atom is -0.478 e. The molecule has 0 spiro atoms. The molecule has 112 valence electrons. The van der Waals surface area contributed by atoms with Crippen molar-refractivity contribution in [2.75, 3.05) is 11.9 Å². The number of benzene rings is 1. The van der Waals surface area contributed by atoms with Gasteiger partial charge < -0.3 is 10.4 Å². The number of nitro benzene ring substituents is 1. The van der Waals surface area contributed by atoms with Crippen LogP contribution in [0.25, 0.3) is 0 Å². The van der Waals surface area contributed by atoms with E-state index in [1.54, 1.807) is 0 Å². The van der Waals surface area contributed by atoms with E-state index < -0.39 is 28.0 Å². The Kier molecular flexibility index (Phi) is 4.52. The number of carboxylic acids is 1. The van der Waals surface area contributed by atoms with E-state index in [-0.39, 0.29) is 5.69 Å². The molecule has 0 bridgehead atoms. The van der Waals surface area contributed by atoms with Gasteiger partial charge in [-0.2, -0.15) is 0 Å². The number of halogens is 1. The number of rotatable bonds is 6. The first kappa shape index (κ1) is 15.0. The Morgan fingerprint density at radius 1 is 1.48 bits per heavy atom. The average Bonchev–Trinajstić information content (AvgIpc) is 2.91. The fourth-order valence-electron chi connectivity index (χ4n) is 2.34. The van der Waals surface area contributed by atoms with Gasteiger partial charge >= 0.3 is 5.97 Å². The molecule has 1 aromatic carbocycles. The lowest BCUT2D eigenvalue weighted by atomic mass is 10.1. The average molecular weight is 294 g/mol. The SMILES string of the molecule is O=C(O)c1cc([N+](=O)[O-])c(NCCC2=CCCC2)cc1F. The first-order valence-electron chi connectivity index (χ1n) is 6.62. The zero-order valence-corrected chi connectivity index (χ0v) is 11.3. The van der Waals surface area contributed by atoms with Gasteiger partial charge in [-0.15, -0.1) is 0 Å². The Morgan fingerprint density at radius 3 is 2.81 bits per heavy atom. The maximum Gasteiger partial charge on any atom is 0.338 e. The number of nitro groups is 1. The van der Waals surface area contributed by atoms with E-state index in [0.717, 1.165) is 37.8 Å². The summed E-state index contributed by atoms with van der Waals surface area (Å²) in [6, 6.07) is 1.61. The number of carboxylic acid groups (broad SMARTS) is 1. The first-order chi connectivity index (χ1) is 9.99. The van der Waals surface area contributed by atoms with Crippen molar-refractivity contribution in [1.29, 1.82) is 0 Å². The monoisotopic (exact) mass is 294 g/mol. The minimum absolute atomic E-state index is 0.00102. The Bertz CT molecular complexity index is 613. The molecule has 6 nitrogen and oxygen atoms in total. The third kappa shape index (κ3) is 3.56. The van der Waals surface area contributed by atoms with Crippen LogP contribution >= 0.6 is 0 Å². The number of nitrogens with one attached hydrogen (secondary N) is 1. The van der Waals surface area contributed by atoms with Gasteiger partial charge in [0.15, 0.2) is 0 Å². The van der Waals surface area contributed by atoms with Crippen LogP contribution in [0.5, 0.6) is 0 Å². The quantitative estimate of drug-likeness (QED) is 0.477. The van der Waals surface area contributed by atoms with Crippen LogP contribution in [0, 0.1) is 15.9 Å². The topological polar surface area (TPSA) is 92.5 Å². The number of aromatic carboxylic acids is 1. The van der Waals surface area contributed by atoms with Gasteiger partial charge in [-0.1, -0.05) is 11.6 Å². The molecular weight excluding hydrogens is 279 g/mol. The van der Waals surface area contributed by atoms with Crippen molar-refractivity contribution in [3.63, 3.8) is 0 Å². The molecule has 0 atom stereocenters. The number of hydrogen-bond donors (Lipinski definition) is 2. The molecular formula is C14H15FN2O4. The smallest absolute Gasteiger partial charge is 0.338 e. The largest absolute Gasteiger partial charge is 0.478 e. The fraction of sp³-hybridized carbons (Fsp3) is 0.357. The molecule has 0 radical (unpaired) electrons. The molecule has 0 amide bonds. The predicted molar refractivity (Wildman–Crippen MR) is 75.1 cm³/mol. The van der Waals surface area contributed by atoms with Crippen LogP contribution in [-0.4, -0.2) is 22.5 Å². The summed E-state index contributed by atoms with van der Waals surface area (Å²) < 4.78 is 13.6. The number of allylic oxidation sites excluding steroid dienone is 1. The molecule has 0 unspecified atom stereocenters. The van der Waals surface area contributed by atoms with E-state index in [1.165, 1.54) is 5.57 Å². The third-order valence-electron chi connectivity index (χ3n) is 3.41. The summed E-state index contributed by atoms with van der Waals surface area (Å²) in [4.78, 5) is 21.1. The zero-order chi connectivity index (χ0) is 15.4. The van der Waals surface area contributed by atoms with Crippen molar-refractivity contribution in [3.05, 3.63) is 45.3 Å². The lowest BCUT2D eigenvalue weighted by Gasteiger charge is -2.09. The molecule has 2 rings (SSSR count). The van der Waals surface area contributed by atoms with E-state index in [0.29, 0.717) is 6.54 Å². The van der Waals surface area contributed by atoms with E-state index in [1.807, 2.05) is 0 Å². The molecule has 0 saturated heterocycles. The summed E-state index contributed by atoms with van der Waals surface area (Å²) >= 11 is 0. The Balaban J connectivity index is 2.15. The predicted octanol–water partition coefficient (Wildman–Crippen LogP) is 3.34. The van der Waals surface area contributed by atoms with Gasteiger partial charge in [0, 0.05) is 18.7 Å². The van der Waals surface area contributed by atoms with Crippen molar-refractivity contribution >= 4 is 17.3 Å². The van der Waals surface area contributed by atoms with Crippen molar-refractivity contribution < 1.29 is 19.2 Å². The van der Waals surface area contributed by atoms with Gasteiger partial charge in [0.05, 0.1) is 4.92 Å². The molecule has 0 heterocycles. The molecule has 7 heteroatoms. The standard InChI is InChI=1S/C14H15FN2O4/c15-11-8-12(16-6-5-9-3-1-2-4-9)13(17(20)21)7-10(11)14(18)19/h3,7-8,16H,1-2,4-6H2,(H,18,19). The summed E-state index contributed by atoms with van der Waals surface area (Å²) in [7, 11) is 0. The van der Waals surface area contributed by atoms with Crippen LogP contribution in [0.3, 0.4) is 0 Å². The number of hydrogen-bond acceptors (Lipinski definition) is 4. The normalized spacial score (nSPS) is 13.9. The van der Waals surface area contributed by atoms with Gasteiger partial charge in [-0.25, -0.2) is 9.18 Å². The lowest BCUT2D eigenvalue weighted by molar-refractivity contribution is -0.384. The number of anilines is 1. The van der Waals surface area contributed by atoms with E-state index >= 15 is 0 Å². The second kappa shape index (κ2) is 6.34. The number of carbonyl (C=O) groups is 1. The van der Waals surface area contributed by atoms with Gasteiger partial charge in [0.2, 0.25) is 0 Å². The summed E-state index contributed by atoms with van der Waals surface area (Å²) in [6.07, 6.45) is 6.08. The summed E-state index contributed by atoms with van der Waals surface area (Å²) in [5.41, 5.74) is 0.147. The Hall–Kier alpha value is -2.44. The highest BCUT2D eigenvalue weighted by atomic mass is 19.1. The van der Waals surface area contributed by atoms with E-state index in [4.69, 9.17) is 5.11 Å². The van der Waals surface area contributed by atoms with Gasteiger partial charge in [-0.05, 0) is 25.7 Å². The van der Waals surface area contributed by atoms with Crippen molar-refractivity contribution in [3.8, 4) is 0 Å². The molecule has 0 aromatic heterocycles. The van der Waals surface area contributed by atoms with Crippen LogP contribution in [0.4, 0.5) is 15.8 Å². The molecule has 1 aliphatic rings. The van der Waals surface area contributed by atoms with Crippen LogP contribution in [0.15, 0.2) is 23.8 Å². The summed E-state index contributed by atoms with van der Waals surface area (Å²) in [5.74, 6) is -2.52. The van der Waals surface area contributed by atoms with Crippen LogP contribution in [-0.2, 0) is 0 Å². The molecule has 0 saturated carbocycles. The molecule has 0 fully saturated rings. The fourth-order valence-corrected chi connectivity index (χ4v) is 2.34. The molecule has 1 aliphatic carbocycles. The van der Waals surface area contributed by atoms with Crippen LogP contribution in [0.1, 0.15) is 36.0 Å². The molecule has 21 heavy (non-hydrogen) atoms. The van der Waals surface area contributed by atoms with E-state index in [2.05, 4.69) is 11.4 Å². The third-order valence-corrected chi connectivity index (χ3v) is 3.41. The summed E-state index contributed by atoms with van der Waals surface area (Å²) in [6.45, 7) is 0.443. The van der Waals surface area contributed by atoms with Crippen molar-refractivity contribution in [2.24, 2.45) is 0 Å². The van der Waals surface area contributed by atoms with Crippen LogP contribution < -0.4 is 5.32 Å². The second-order valence-corrected chi connectivity index (χ2v) is 4.84. The number of nitrogens with zero attached hydrogens (tertiary/aromatic N) is 1. The summed E-state index contributed by atoms with van der Waals surface area (Å²) in [5, 5.41) is 22.6. The van der Waals surface area contributed by atoms with Crippen molar-refractivity contribution in [1.82, 2.24) is 0 Å². The lowest BCUT2D eigenvalue weighted by Crippen LogP contribution is -2.08. The molecule has 1 aromatic rings. The highest BCUT2D eigenvalue weighted by Gasteiger charge is 2.21. The Labute approximate surface area is 120 Å². The van der Waals surface area contributed by atoms with Gasteiger partial charge in [0.25, 0.3) is 5.69 Å². The van der Waals surface area contributed by atoms with E-state index in [9.17, 15) is 19.3 Å². The maximum absolute atomic E-state index is 13.6. The minimum atomic E-state index is -1.53. The molecule has 2 N–H and O–H groups in total. The van der Waals surface area contributed by atoms with Crippen LogP contribution in [0.2, 0.25) is 0 Å². The maximum atomic E-state index is 13.6. The first-order valence-corrected chi connectivity index (χ1v) is 6.62. The Morgan fingerprint density at radius 2 is 2.24 bits per heavy atom. The highest BCUT2D eigenvalue weighted by molar-refractivity contribution is 5.90.